The van der Waals surface area contributed by atoms with Crippen molar-refractivity contribution in [2.75, 3.05) is 40.5 Å². The normalized spacial score (nSPS) is 12.9. The Balaban J connectivity index is 4.09. The lowest BCUT2D eigenvalue weighted by Crippen LogP contribution is -2.46. The molecule has 0 aromatic carbocycles. The molecule has 0 aromatic rings. The molecule has 6 nitrogen and oxygen atoms in total. The Morgan fingerprint density at radius 1 is 1.47 bits per heavy atom. The SMILES string of the molecule is COCCN(CC(=O)NN)C(C)COC. The number of carbonyl (C=O) groups is 1. The molecule has 0 bridgehead atoms. The molecule has 0 aliphatic rings. The molecule has 1 unspecified atom stereocenters. The maximum Gasteiger partial charge on any atom is 0.248 e. The van der Waals surface area contributed by atoms with Gasteiger partial charge in [-0.3, -0.25) is 15.1 Å². The van der Waals surface area contributed by atoms with Crippen LogP contribution in [0.15, 0.2) is 0 Å². The van der Waals surface area contributed by atoms with Crippen LogP contribution in [-0.4, -0.2) is 57.4 Å². The van der Waals surface area contributed by atoms with Gasteiger partial charge in [-0.05, 0) is 6.92 Å². The Labute approximate surface area is 90.7 Å². The third-order valence-electron chi connectivity index (χ3n) is 2.12. The quantitative estimate of drug-likeness (QED) is 0.310. The van der Waals surface area contributed by atoms with E-state index in [1.165, 1.54) is 0 Å². The molecular weight excluding hydrogens is 198 g/mol. The highest BCUT2D eigenvalue weighted by molar-refractivity contribution is 5.77. The summed E-state index contributed by atoms with van der Waals surface area (Å²) in [6.45, 7) is 4.06. The molecule has 0 heterocycles. The lowest BCUT2D eigenvalue weighted by atomic mass is 10.3. The molecule has 1 atom stereocenters. The maximum atomic E-state index is 11.1. The van der Waals surface area contributed by atoms with Gasteiger partial charge in [0.15, 0.2) is 0 Å². The van der Waals surface area contributed by atoms with E-state index in [1.54, 1.807) is 14.2 Å². The van der Waals surface area contributed by atoms with Crippen molar-refractivity contribution >= 4 is 5.91 Å². The topological polar surface area (TPSA) is 76.8 Å². The largest absolute Gasteiger partial charge is 0.383 e. The zero-order chi connectivity index (χ0) is 11.7. The van der Waals surface area contributed by atoms with E-state index in [0.29, 0.717) is 19.8 Å². The summed E-state index contributed by atoms with van der Waals surface area (Å²) in [4.78, 5) is 13.1. The highest BCUT2D eigenvalue weighted by Gasteiger charge is 2.16. The molecule has 90 valence electrons. The van der Waals surface area contributed by atoms with Crippen molar-refractivity contribution < 1.29 is 14.3 Å². The molecule has 0 fully saturated rings. The van der Waals surface area contributed by atoms with Crippen LogP contribution in [0.3, 0.4) is 0 Å². The van der Waals surface area contributed by atoms with Crippen LogP contribution >= 0.6 is 0 Å². The second-order valence-electron chi connectivity index (χ2n) is 3.34. The van der Waals surface area contributed by atoms with Gasteiger partial charge in [-0.2, -0.15) is 0 Å². The van der Waals surface area contributed by atoms with E-state index in [4.69, 9.17) is 15.3 Å². The third-order valence-corrected chi connectivity index (χ3v) is 2.12. The average Bonchev–Trinajstić information content (AvgIpc) is 2.24. The number of rotatable bonds is 8. The number of hydrogen-bond acceptors (Lipinski definition) is 5. The van der Waals surface area contributed by atoms with Crippen LogP contribution in [0.25, 0.3) is 0 Å². The van der Waals surface area contributed by atoms with Gasteiger partial charge in [0.05, 0.1) is 19.8 Å². The third kappa shape index (κ3) is 6.40. The van der Waals surface area contributed by atoms with Crippen molar-refractivity contribution in [1.29, 1.82) is 0 Å². The molecule has 15 heavy (non-hydrogen) atoms. The Morgan fingerprint density at radius 3 is 2.60 bits per heavy atom. The molecule has 6 heteroatoms. The molecule has 0 aliphatic heterocycles. The van der Waals surface area contributed by atoms with Gasteiger partial charge < -0.3 is 9.47 Å². The number of ether oxygens (including phenoxy) is 2. The van der Waals surface area contributed by atoms with Gasteiger partial charge in [-0.25, -0.2) is 5.84 Å². The van der Waals surface area contributed by atoms with Crippen LogP contribution in [0, 0.1) is 0 Å². The summed E-state index contributed by atoms with van der Waals surface area (Å²) >= 11 is 0. The fraction of sp³-hybridized carbons (Fsp3) is 0.889. The van der Waals surface area contributed by atoms with E-state index in [0.717, 1.165) is 0 Å². The monoisotopic (exact) mass is 219 g/mol. The molecule has 0 saturated carbocycles. The van der Waals surface area contributed by atoms with Gasteiger partial charge >= 0.3 is 0 Å². The minimum Gasteiger partial charge on any atom is -0.383 e. The molecule has 0 saturated heterocycles. The summed E-state index contributed by atoms with van der Waals surface area (Å²) < 4.78 is 10.0. The van der Waals surface area contributed by atoms with E-state index in [2.05, 4.69) is 5.43 Å². The van der Waals surface area contributed by atoms with Crippen molar-refractivity contribution in [3.05, 3.63) is 0 Å². The summed E-state index contributed by atoms with van der Waals surface area (Å²) in [5.74, 6) is 4.82. The highest BCUT2D eigenvalue weighted by atomic mass is 16.5. The molecular formula is C9H21N3O3. The summed E-state index contributed by atoms with van der Waals surface area (Å²) in [5.41, 5.74) is 2.11. The number of hydrogen-bond donors (Lipinski definition) is 2. The first-order chi connectivity index (χ1) is 7.15. The van der Waals surface area contributed by atoms with E-state index in [-0.39, 0.29) is 18.5 Å². The van der Waals surface area contributed by atoms with E-state index in [9.17, 15) is 4.79 Å². The predicted molar refractivity (Wildman–Crippen MR) is 57.1 cm³/mol. The number of amides is 1. The zero-order valence-electron chi connectivity index (χ0n) is 9.66. The summed E-state index contributed by atoms with van der Waals surface area (Å²) in [7, 11) is 3.26. The Kier molecular flexibility index (Phi) is 8.21. The van der Waals surface area contributed by atoms with Crippen molar-refractivity contribution in [2.24, 2.45) is 5.84 Å². The second kappa shape index (κ2) is 8.60. The minimum atomic E-state index is -0.214. The molecule has 0 spiro atoms. The number of nitrogens with one attached hydrogen (secondary N) is 1. The minimum absolute atomic E-state index is 0.155. The number of nitrogens with two attached hydrogens (primary N) is 1. The van der Waals surface area contributed by atoms with Crippen LogP contribution in [0.2, 0.25) is 0 Å². The average molecular weight is 219 g/mol. The van der Waals surface area contributed by atoms with Crippen molar-refractivity contribution in [1.82, 2.24) is 10.3 Å². The molecule has 0 radical (unpaired) electrons. The number of hydrazine groups is 1. The van der Waals surface area contributed by atoms with E-state index in [1.807, 2.05) is 11.8 Å². The van der Waals surface area contributed by atoms with Crippen LogP contribution in [0.4, 0.5) is 0 Å². The molecule has 0 aromatic heterocycles. The summed E-state index contributed by atoms with van der Waals surface area (Å²) in [6.07, 6.45) is 0. The van der Waals surface area contributed by atoms with Gasteiger partial charge in [0.25, 0.3) is 0 Å². The van der Waals surface area contributed by atoms with Crippen molar-refractivity contribution in [2.45, 2.75) is 13.0 Å². The zero-order valence-corrected chi connectivity index (χ0v) is 9.66. The molecule has 0 rings (SSSR count). The summed E-state index contributed by atoms with van der Waals surface area (Å²) in [5, 5.41) is 0. The summed E-state index contributed by atoms with van der Waals surface area (Å²) in [6, 6.07) is 0.155. The first-order valence-electron chi connectivity index (χ1n) is 4.87. The predicted octanol–water partition coefficient (Wildman–Crippen LogP) is -1.04. The fourth-order valence-electron chi connectivity index (χ4n) is 1.24. The highest BCUT2D eigenvalue weighted by Crippen LogP contribution is 1.99. The maximum absolute atomic E-state index is 11.1. The van der Waals surface area contributed by atoms with Gasteiger partial charge in [-0.1, -0.05) is 0 Å². The number of nitrogens with zero attached hydrogens (tertiary/aromatic N) is 1. The van der Waals surface area contributed by atoms with Crippen LogP contribution in [0.5, 0.6) is 0 Å². The van der Waals surface area contributed by atoms with E-state index >= 15 is 0 Å². The van der Waals surface area contributed by atoms with Crippen LogP contribution < -0.4 is 11.3 Å². The van der Waals surface area contributed by atoms with Gasteiger partial charge in [-0.15, -0.1) is 0 Å². The molecule has 1 amide bonds. The van der Waals surface area contributed by atoms with Crippen LogP contribution in [0.1, 0.15) is 6.92 Å². The van der Waals surface area contributed by atoms with Gasteiger partial charge in [0, 0.05) is 26.8 Å². The van der Waals surface area contributed by atoms with Gasteiger partial charge in [0.1, 0.15) is 0 Å². The Bertz CT molecular complexity index is 178. The van der Waals surface area contributed by atoms with Crippen molar-refractivity contribution in [3.8, 4) is 0 Å². The van der Waals surface area contributed by atoms with Gasteiger partial charge in [0.2, 0.25) is 5.91 Å². The standard InChI is InChI=1S/C9H21N3O3/c1-8(7-15-3)12(4-5-14-2)6-9(13)11-10/h8H,4-7,10H2,1-3H3,(H,11,13). The lowest BCUT2D eigenvalue weighted by molar-refractivity contribution is -0.123. The second-order valence-corrected chi connectivity index (χ2v) is 3.34. The molecule has 3 N–H and O–H groups in total. The van der Waals surface area contributed by atoms with E-state index < -0.39 is 0 Å². The van der Waals surface area contributed by atoms with Crippen molar-refractivity contribution in [3.63, 3.8) is 0 Å². The Hall–Kier alpha value is -0.690. The first-order valence-corrected chi connectivity index (χ1v) is 4.87. The first kappa shape index (κ1) is 14.3. The lowest BCUT2D eigenvalue weighted by Gasteiger charge is -2.27. The number of methoxy groups -OCH3 is 2. The Morgan fingerprint density at radius 2 is 2.13 bits per heavy atom. The smallest absolute Gasteiger partial charge is 0.248 e. The number of carbonyl (C=O) groups excluding carboxylic acids is 1. The fourth-order valence-corrected chi connectivity index (χ4v) is 1.24. The molecule has 0 aliphatic carbocycles. The van der Waals surface area contributed by atoms with Crippen LogP contribution in [-0.2, 0) is 14.3 Å².